The van der Waals surface area contributed by atoms with Crippen molar-refractivity contribution in [3.63, 3.8) is 0 Å². The normalized spacial score (nSPS) is 11.6. The van der Waals surface area contributed by atoms with E-state index in [0.717, 1.165) is 27.8 Å². The van der Waals surface area contributed by atoms with E-state index in [0.29, 0.717) is 17.5 Å². The molecule has 0 bridgehead atoms. The highest BCUT2D eigenvalue weighted by Gasteiger charge is 2.22. The Kier molecular flexibility index (Phi) is 7.64. The van der Waals surface area contributed by atoms with Crippen molar-refractivity contribution in [2.24, 2.45) is 0 Å². The largest absolute Gasteiger partial charge is 0.308 e. The Balaban J connectivity index is 1.19. The van der Waals surface area contributed by atoms with Gasteiger partial charge in [-0.3, -0.25) is 0 Å². The summed E-state index contributed by atoms with van der Waals surface area (Å²) in [4.78, 5) is 15.4. The van der Waals surface area contributed by atoms with Crippen molar-refractivity contribution in [2.45, 2.75) is 0 Å². The van der Waals surface area contributed by atoms with E-state index in [1.165, 1.54) is 58.8 Å². The molecule has 0 unspecified atom stereocenters. The molecular formula is C51H32N4S. The third-order valence-electron chi connectivity index (χ3n) is 10.7. The first kappa shape index (κ1) is 32.2. The van der Waals surface area contributed by atoms with Crippen LogP contribution in [0.15, 0.2) is 194 Å². The third kappa shape index (κ3) is 5.32. The van der Waals surface area contributed by atoms with Gasteiger partial charge in [0, 0.05) is 48.5 Å². The summed E-state index contributed by atoms with van der Waals surface area (Å²) in [6, 6.07) is 68.5. The lowest BCUT2D eigenvalue weighted by atomic mass is 9.96. The molecule has 0 N–H and O–H groups in total. The molecule has 0 aliphatic heterocycles. The summed E-state index contributed by atoms with van der Waals surface area (Å²) in [6.07, 6.45) is 0. The van der Waals surface area contributed by atoms with Gasteiger partial charge in [0.05, 0.1) is 21.4 Å². The Morgan fingerprint density at radius 2 is 0.857 bits per heavy atom. The van der Waals surface area contributed by atoms with Crippen LogP contribution in [0.3, 0.4) is 0 Å². The van der Waals surface area contributed by atoms with E-state index >= 15 is 0 Å². The summed E-state index contributed by atoms with van der Waals surface area (Å²) >= 11 is 1.84. The second kappa shape index (κ2) is 13.3. The molecule has 8 aromatic carbocycles. The summed E-state index contributed by atoms with van der Waals surface area (Å²) in [7, 11) is 0. The van der Waals surface area contributed by atoms with Crippen molar-refractivity contribution >= 4 is 53.3 Å². The quantitative estimate of drug-likeness (QED) is 0.171. The van der Waals surface area contributed by atoms with E-state index in [1.54, 1.807) is 0 Å². The molecular weight excluding hydrogens is 701 g/mol. The fraction of sp³-hybridized carbons (Fsp3) is 0. The molecule has 3 heterocycles. The predicted octanol–water partition coefficient (Wildman–Crippen LogP) is 13.7. The van der Waals surface area contributed by atoms with Crippen LogP contribution in [0, 0.1) is 0 Å². The fourth-order valence-corrected chi connectivity index (χ4v) is 9.44. The minimum Gasteiger partial charge on any atom is -0.308 e. The van der Waals surface area contributed by atoms with Gasteiger partial charge >= 0.3 is 0 Å². The molecule has 0 spiro atoms. The maximum Gasteiger partial charge on any atom is 0.164 e. The van der Waals surface area contributed by atoms with Crippen LogP contribution in [-0.4, -0.2) is 19.5 Å². The van der Waals surface area contributed by atoms with E-state index in [9.17, 15) is 0 Å². The summed E-state index contributed by atoms with van der Waals surface area (Å²) in [5.74, 6) is 1.94. The monoisotopic (exact) mass is 732 g/mol. The van der Waals surface area contributed by atoms with Crippen molar-refractivity contribution in [1.82, 2.24) is 19.5 Å². The summed E-state index contributed by atoms with van der Waals surface area (Å²) < 4.78 is 4.89. The lowest BCUT2D eigenvalue weighted by molar-refractivity contribution is 1.07. The van der Waals surface area contributed by atoms with Crippen molar-refractivity contribution in [3.8, 4) is 62.1 Å². The molecule has 0 radical (unpaired) electrons. The van der Waals surface area contributed by atoms with E-state index in [1.807, 2.05) is 47.7 Å². The van der Waals surface area contributed by atoms with Crippen molar-refractivity contribution < 1.29 is 0 Å². The summed E-state index contributed by atoms with van der Waals surface area (Å²) in [5.41, 5.74) is 11.0. The molecule has 56 heavy (non-hydrogen) atoms. The van der Waals surface area contributed by atoms with Gasteiger partial charge in [-0.25, -0.2) is 15.0 Å². The zero-order chi connectivity index (χ0) is 37.0. The van der Waals surface area contributed by atoms with Gasteiger partial charge in [0.2, 0.25) is 0 Å². The molecule has 0 aliphatic rings. The first-order valence-corrected chi connectivity index (χ1v) is 19.6. The van der Waals surface area contributed by atoms with Gasteiger partial charge in [0.1, 0.15) is 0 Å². The van der Waals surface area contributed by atoms with Crippen LogP contribution in [0.2, 0.25) is 0 Å². The van der Waals surface area contributed by atoms with Crippen LogP contribution in [0.5, 0.6) is 0 Å². The summed E-state index contributed by atoms with van der Waals surface area (Å²) in [5, 5.41) is 4.91. The molecule has 5 heteroatoms. The lowest BCUT2D eigenvalue weighted by Crippen LogP contribution is -2.01. The number of thiophene rings is 1. The minimum absolute atomic E-state index is 0.645. The van der Waals surface area contributed by atoms with Gasteiger partial charge < -0.3 is 4.57 Å². The Hall–Kier alpha value is -7.21. The SMILES string of the molecule is c1ccc(-c2ccc3c4ccccc4n(-c4cccc5c4sc4c(-c6ccccc6)c(-c6nc(-c7ccccc7)nc(-c7ccccc7)n6)ccc45)c3c2)cc1. The number of aromatic nitrogens is 4. The van der Waals surface area contributed by atoms with Crippen LogP contribution in [0.4, 0.5) is 0 Å². The maximum absolute atomic E-state index is 5.18. The van der Waals surface area contributed by atoms with Crippen LogP contribution >= 0.6 is 11.3 Å². The highest BCUT2D eigenvalue weighted by atomic mass is 32.1. The van der Waals surface area contributed by atoms with Gasteiger partial charge in [-0.1, -0.05) is 170 Å². The molecule has 0 atom stereocenters. The average Bonchev–Trinajstić information content (AvgIpc) is 3.83. The average molecular weight is 733 g/mol. The van der Waals surface area contributed by atoms with E-state index in [4.69, 9.17) is 15.0 Å². The van der Waals surface area contributed by atoms with Gasteiger partial charge in [-0.15, -0.1) is 11.3 Å². The van der Waals surface area contributed by atoms with Gasteiger partial charge in [0.25, 0.3) is 0 Å². The lowest BCUT2D eigenvalue weighted by Gasteiger charge is -2.13. The van der Waals surface area contributed by atoms with Crippen LogP contribution in [0.1, 0.15) is 0 Å². The second-order valence-electron chi connectivity index (χ2n) is 14.0. The Morgan fingerprint density at radius 1 is 0.339 bits per heavy atom. The minimum atomic E-state index is 0.645. The molecule has 11 rings (SSSR count). The Bertz CT molecular complexity index is 3170. The van der Waals surface area contributed by atoms with Crippen LogP contribution < -0.4 is 0 Å². The van der Waals surface area contributed by atoms with Gasteiger partial charge in [-0.05, 0) is 41.0 Å². The molecule has 0 amide bonds. The molecule has 0 fully saturated rings. The predicted molar refractivity (Wildman–Crippen MR) is 234 cm³/mol. The standard InChI is InChI=1S/C51H32N4S/c1-5-16-33(17-6-1)37-28-29-39-38-24-13-14-26-43(38)55(45(39)32-37)44-27-15-25-40-41-30-31-42(46(48(41)56-47(40)44)34-18-7-2-8-19-34)51-53-49(35-20-9-3-10-21-35)52-50(54-51)36-22-11-4-12-23-36/h1-32H. The number of benzene rings is 8. The number of hydrogen-bond acceptors (Lipinski definition) is 4. The molecule has 0 saturated carbocycles. The zero-order valence-corrected chi connectivity index (χ0v) is 31.0. The van der Waals surface area contributed by atoms with E-state index in [-0.39, 0.29) is 0 Å². The highest BCUT2D eigenvalue weighted by molar-refractivity contribution is 7.26. The number of nitrogens with zero attached hydrogens (tertiary/aromatic N) is 4. The molecule has 262 valence electrons. The topological polar surface area (TPSA) is 43.6 Å². The Morgan fingerprint density at radius 3 is 1.54 bits per heavy atom. The zero-order valence-electron chi connectivity index (χ0n) is 30.2. The third-order valence-corrected chi connectivity index (χ3v) is 11.9. The number of rotatable bonds is 6. The number of hydrogen-bond donors (Lipinski definition) is 0. The summed E-state index contributed by atoms with van der Waals surface area (Å²) in [6.45, 7) is 0. The van der Waals surface area contributed by atoms with Gasteiger partial charge in [-0.2, -0.15) is 0 Å². The number of fused-ring (bicyclic) bond motifs is 6. The molecule has 0 aliphatic carbocycles. The van der Waals surface area contributed by atoms with E-state index in [2.05, 4.69) is 162 Å². The molecule has 0 saturated heterocycles. The molecule has 3 aromatic heterocycles. The highest BCUT2D eigenvalue weighted by Crippen LogP contribution is 2.47. The Labute approximate surface area is 327 Å². The van der Waals surface area contributed by atoms with Crippen LogP contribution in [0.25, 0.3) is 104 Å². The van der Waals surface area contributed by atoms with E-state index < -0.39 is 0 Å². The smallest absolute Gasteiger partial charge is 0.164 e. The van der Waals surface area contributed by atoms with Crippen molar-refractivity contribution in [3.05, 3.63) is 194 Å². The first-order chi connectivity index (χ1) is 27.8. The van der Waals surface area contributed by atoms with Crippen molar-refractivity contribution in [2.75, 3.05) is 0 Å². The maximum atomic E-state index is 5.18. The van der Waals surface area contributed by atoms with Crippen LogP contribution in [-0.2, 0) is 0 Å². The van der Waals surface area contributed by atoms with Gasteiger partial charge in [0.15, 0.2) is 17.5 Å². The molecule has 4 nitrogen and oxygen atoms in total. The van der Waals surface area contributed by atoms with Crippen molar-refractivity contribution in [1.29, 1.82) is 0 Å². The first-order valence-electron chi connectivity index (χ1n) is 18.8. The second-order valence-corrected chi connectivity index (χ2v) is 15.0. The molecule has 11 aromatic rings. The fourth-order valence-electron chi connectivity index (χ4n) is 8.07. The number of para-hydroxylation sites is 1.